The van der Waals surface area contributed by atoms with E-state index in [-0.39, 0.29) is 23.8 Å². The van der Waals surface area contributed by atoms with Gasteiger partial charge in [-0.3, -0.25) is 4.79 Å². The Bertz CT molecular complexity index is 884. The number of halogens is 3. The summed E-state index contributed by atoms with van der Waals surface area (Å²) in [4.78, 5) is 13.8. The summed E-state index contributed by atoms with van der Waals surface area (Å²) < 4.78 is 57.3. The highest BCUT2D eigenvalue weighted by Gasteiger charge is 2.36. The fourth-order valence-electron chi connectivity index (χ4n) is 3.02. The van der Waals surface area contributed by atoms with Gasteiger partial charge in [0.2, 0.25) is 5.91 Å². The molecule has 0 N–H and O–H groups in total. The van der Waals surface area contributed by atoms with Crippen LogP contribution in [0.4, 0.5) is 13.2 Å². The Labute approximate surface area is 164 Å². The van der Waals surface area contributed by atoms with Crippen molar-refractivity contribution >= 4 is 17.7 Å². The smallest absolute Gasteiger partial charge is 0.234 e. The number of nitrogens with zero attached hydrogens (tertiary/aromatic N) is 1. The second kappa shape index (κ2) is 8.22. The third kappa shape index (κ3) is 3.58. The van der Waals surface area contributed by atoms with Crippen LogP contribution in [0.1, 0.15) is 16.5 Å². The second-order valence-corrected chi connectivity index (χ2v) is 7.03. The monoisotopic (exact) mass is 413 g/mol. The van der Waals surface area contributed by atoms with Crippen LogP contribution < -0.4 is 14.2 Å². The largest absolute Gasteiger partial charge is 0.496 e. The summed E-state index contributed by atoms with van der Waals surface area (Å²) in [6.07, 6.45) is 0. The molecule has 1 heterocycles. The molecule has 9 heteroatoms. The van der Waals surface area contributed by atoms with E-state index < -0.39 is 22.8 Å². The molecule has 3 rings (SSSR count). The van der Waals surface area contributed by atoms with E-state index >= 15 is 0 Å². The third-order valence-corrected chi connectivity index (χ3v) is 5.68. The zero-order valence-corrected chi connectivity index (χ0v) is 16.2. The highest BCUT2D eigenvalue weighted by atomic mass is 32.2. The molecule has 0 radical (unpaired) electrons. The molecule has 0 aromatic heterocycles. The van der Waals surface area contributed by atoms with Gasteiger partial charge in [-0.25, -0.2) is 13.2 Å². The molecule has 0 aliphatic carbocycles. The first-order valence-corrected chi connectivity index (χ1v) is 9.29. The number of ether oxygens (including phenoxy) is 3. The standard InChI is InChI=1S/C19H18F3NO4S/c1-25-10-6-14(26-2)12(15(7-10)27-3)8-23-16(24)9-28-19(23)11-4-5-13(20)18(22)17(11)21/h4-7,19H,8-9H2,1-3H3. The molecular weight excluding hydrogens is 395 g/mol. The topological polar surface area (TPSA) is 48.0 Å². The first-order valence-electron chi connectivity index (χ1n) is 8.24. The van der Waals surface area contributed by atoms with Gasteiger partial charge in [-0.15, -0.1) is 11.8 Å². The minimum atomic E-state index is -1.56. The van der Waals surface area contributed by atoms with E-state index in [1.807, 2.05) is 0 Å². The van der Waals surface area contributed by atoms with Gasteiger partial charge in [0.15, 0.2) is 17.5 Å². The Balaban J connectivity index is 2.01. The minimum Gasteiger partial charge on any atom is -0.496 e. The lowest BCUT2D eigenvalue weighted by Gasteiger charge is -2.26. The molecule has 2 aromatic carbocycles. The maximum Gasteiger partial charge on any atom is 0.234 e. The summed E-state index contributed by atoms with van der Waals surface area (Å²) in [6, 6.07) is 5.28. The van der Waals surface area contributed by atoms with Crippen molar-refractivity contribution in [3.8, 4) is 17.2 Å². The summed E-state index contributed by atoms with van der Waals surface area (Å²) >= 11 is 1.14. The Morgan fingerprint density at radius 1 is 1.04 bits per heavy atom. The molecule has 1 saturated heterocycles. The summed E-state index contributed by atoms with van der Waals surface area (Å²) in [5.74, 6) is -2.97. The molecule has 0 bridgehead atoms. The van der Waals surface area contributed by atoms with Crippen molar-refractivity contribution in [3.63, 3.8) is 0 Å². The van der Waals surface area contributed by atoms with E-state index in [1.54, 1.807) is 12.1 Å². The maximum atomic E-state index is 14.3. The van der Waals surface area contributed by atoms with Gasteiger partial charge in [-0.05, 0) is 6.07 Å². The first kappa shape index (κ1) is 20.2. The normalized spacial score (nSPS) is 16.4. The molecule has 150 valence electrons. The molecule has 28 heavy (non-hydrogen) atoms. The van der Waals surface area contributed by atoms with Crippen LogP contribution in [-0.4, -0.2) is 37.9 Å². The number of thioether (sulfide) groups is 1. The Kier molecular flexibility index (Phi) is 5.93. The van der Waals surface area contributed by atoms with Crippen LogP contribution in [0.3, 0.4) is 0 Å². The number of hydrogen-bond donors (Lipinski definition) is 0. The number of rotatable bonds is 6. The number of carbonyl (C=O) groups excluding carboxylic acids is 1. The maximum absolute atomic E-state index is 14.3. The molecule has 2 aromatic rings. The van der Waals surface area contributed by atoms with Crippen LogP contribution in [0.15, 0.2) is 24.3 Å². The summed E-state index contributed by atoms with van der Waals surface area (Å²) in [7, 11) is 4.42. The van der Waals surface area contributed by atoms with Crippen molar-refractivity contribution in [2.45, 2.75) is 11.9 Å². The molecular formula is C19H18F3NO4S. The van der Waals surface area contributed by atoms with Gasteiger partial charge in [-0.1, -0.05) is 6.07 Å². The first-order chi connectivity index (χ1) is 13.4. The van der Waals surface area contributed by atoms with Gasteiger partial charge in [0, 0.05) is 17.7 Å². The molecule has 0 saturated carbocycles. The molecule has 1 atom stereocenters. The van der Waals surface area contributed by atoms with E-state index in [0.29, 0.717) is 22.8 Å². The zero-order chi connectivity index (χ0) is 20.4. The van der Waals surface area contributed by atoms with Crippen LogP contribution in [-0.2, 0) is 11.3 Å². The molecule has 1 aliphatic heterocycles. The van der Waals surface area contributed by atoms with Gasteiger partial charge in [0.1, 0.15) is 22.6 Å². The number of hydrogen-bond acceptors (Lipinski definition) is 5. The molecule has 5 nitrogen and oxygen atoms in total. The van der Waals surface area contributed by atoms with Crippen molar-refractivity contribution < 1.29 is 32.2 Å². The Morgan fingerprint density at radius 3 is 2.25 bits per heavy atom. The number of benzene rings is 2. The van der Waals surface area contributed by atoms with Crippen LogP contribution >= 0.6 is 11.8 Å². The third-order valence-electron chi connectivity index (χ3n) is 4.44. The molecule has 1 fully saturated rings. The predicted molar refractivity (Wildman–Crippen MR) is 98.2 cm³/mol. The van der Waals surface area contributed by atoms with Gasteiger partial charge >= 0.3 is 0 Å². The average Bonchev–Trinajstić information content (AvgIpc) is 3.06. The van der Waals surface area contributed by atoms with Crippen molar-refractivity contribution in [1.82, 2.24) is 4.90 Å². The highest BCUT2D eigenvalue weighted by Crippen LogP contribution is 2.44. The number of amides is 1. The number of methoxy groups -OCH3 is 3. The van der Waals surface area contributed by atoms with Crippen LogP contribution in [0.2, 0.25) is 0 Å². The summed E-state index contributed by atoms with van der Waals surface area (Å²) in [6.45, 7) is 0.0330. The fraction of sp³-hybridized carbons (Fsp3) is 0.316. The number of carbonyl (C=O) groups is 1. The van der Waals surface area contributed by atoms with E-state index in [0.717, 1.165) is 23.9 Å². The van der Waals surface area contributed by atoms with Crippen molar-refractivity contribution in [3.05, 3.63) is 52.8 Å². The lowest BCUT2D eigenvalue weighted by atomic mass is 10.1. The van der Waals surface area contributed by atoms with Crippen molar-refractivity contribution in [2.24, 2.45) is 0 Å². The van der Waals surface area contributed by atoms with Gasteiger partial charge in [0.05, 0.1) is 39.2 Å². The second-order valence-electron chi connectivity index (χ2n) is 5.96. The van der Waals surface area contributed by atoms with Gasteiger partial charge < -0.3 is 19.1 Å². The summed E-state index contributed by atoms with van der Waals surface area (Å²) in [5.41, 5.74) is 0.454. The predicted octanol–water partition coefficient (Wildman–Crippen LogP) is 3.90. The Morgan fingerprint density at radius 2 is 1.68 bits per heavy atom. The van der Waals surface area contributed by atoms with E-state index in [1.165, 1.54) is 26.2 Å². The van der Waals surface area contributed by atoms with Crippen LogP contribution in [0.25, 0.3) is 0 Å². The van der Waals surface area contributed by atoms with E-state index in [9.17, 15) is 18.0 Å². The van der Waals surface area contributed by atoms with E-state index in [2.05, 4.69) is 0 Å². The lowest BCUT2D eigenvalue weighted by Crippen LogP contribution is -2.28. The lowest BCUT2D eigenvalue weighted by molar-refractivity contribution is -0.128. The van der Waals surface area contributed by atoms with Crippen molar-refractivity contribution in [2.75, 3.05) is 27.1 Å². The SMILES string of the molecule is COc1cc(OC)c(CN2C(=O)CSC2c2ccc(F)c(F)c2F)c(OC)c1. The van der Waals surface area contributed by atoms with Crippen molar-refractivity contribution in [1.29, 1.82) is 0 Å². The highest BCUT2D eigenvalue weighted by molar-refractivity contribution is 8.00. The molecule has 1 unspecified atom stereocenters. The van der Waals surface area contributed by atoms with Gasteiger partial charge in [0.25, 0.3) is 0 Å². The average molecular weight is 413 g/mol. The fourth-order valence-corrected chi connectivity index (χ4v) is 4.22. The van der Waals surface area contributed by atoms with Crippen LogP contribution in [0, 0.1) is 17.5 Å². The van der Waals surface area contributed by atoms with E-state index in [4.69, 9.17) is 14.2 Å². The molecule has 1 aliphatic rings. The zero-order valence-electron chi connectivity index (χ0n) is 15.4. The Hall–Kier alpha value is -2.55. The molecule has 0 spiro atoms. The van der Waals surface area contributed by atoms with Crippen LogP contribution in [0.5, 0.6) is 17.2 Å². The molecule has 1 amide bonds. The minimum absolute atomic E-state index is 0.0330. The summed E-state index contributed by atoms with van der Waals surface area (Å²) in [5, 5.41) is -0.806. The quantitative estimate of drug-likeness (QED) is 0.673. The van der Waals surface area contributed by atoms with Gasteiger partial charge in [-0.2, -0.15) is 0 Å².